The van der Waals surface area contributed by atoms with Crippen molar-refractivity contribution in [2.24, 2.45) is 0 Å². The number of rotatable bonds is 3. The van der Waals surface area contributed by atoms with Crippen molar-refractivity contribution in [3.8, 4) is 11.5 Å². The van der Waals surface area contributed by atoms with Gasteiger partial charge in [0.2, 0.25) is 6.10 Å². The second kappa shape index (κ2) is 7.43. The number of benzene rings is 2. The Morgan fingerprint density at radius 2 is 1.88 bits per heavy atom. The minimum atomic E-state index is -0.721. The van der Waals surface area contributed by atoms with Gasteiger partial charge in [-0.25, -0.2) is 0 Å². The number of nitrogens with zero attached hydrogens (tertiary/aromatic N) is 1. The Labute approximate surface area is 156 Å². The van der Waals surface area contributed by atoms with Crippen molar-refractivity contribution in [3.05, 3.63) is 47.5 Å². The number of amides is 1. The largest absolute Gasteiger partial charge is 0.485 e. The highest BCUT2D eigenvalue weighted by Crippen LogP contribution is 2.33. The molecule has 2 heterocycles. The van der Waals surface area contributed by atoms with Crippen LogP contribution < -0.4 is 19.7 Å². The molecule has 6 nitrogen and oxygen atoms in total. The van der Waals surface area contributed by atoms with Gasteiger partial charge in [-0.15, -0.1) is 0 Å². The van der Waals surface area contributed by atoms with Gasteiger partial charge in [-0.2, -0.15) is 0 Å². The van der Waals surface area contributed by atoms with Crippen molar-refractivity contribution in [1.29, 1.82) is 0 Å². The number of halogens is 1. The number of nitrogens with one attached hydrogen (secondary N) is 1. The lowest BCUT2D eigenvalue weighted by atomic mass is 10.2. The lowest BCUT2D eigenvalue weighted by Gasteiger charge is -2.31. The third-order valence-electron chi connectivity index (χ3n) is 4.37. The first-order valence-corrected chi connectivity index (χ1v) is 8.90. The van der Waals surface area contributed by atoms with Gasteiger partial charge in [0.1, 0.15) is 6.61 Å². The molecule has 1 atom stereocenters. The molecule has 0 bridgehead atoms. The average Bonchev–Trinajstić information content (AvgIpc) is 2.68. The van der Waals surface area contributed by atoms with E-state index >= 15 is 0 Å². The van der Waals surface area contributed by atoms with E-state index in [-0.39, 0.29) is 12.5 Å². The van der Waals surface area contributed by atoms with Crippen LogP contribution in [0, 0.1) is 0 Å². The highest BCUT2D eigenvalue weighted by Gasteiger charge is 2.28. The molecule has 26 heavy (non-hydrogen) atoms. The summed E-state index contributed by atoms with van der Waals surface area (Å²) >= 11 is 6.14. The molecule has 0 radical (unpaired) electrons. The van der Waals surface area contributed by atoms with Crippen molar-refractivity contribution in [2.75, 3.05) is 43.1 Å². The zero-order chi connectivity index (χ0) is 17.9. The van der Waals surface area contributed by atoms with Gasteiger partial charge >= 0.3 is 0 Å². The summed E-state index contributed by atoms with van der Waals surface area (Å²) in [5.74, 6) is 0.947. The van der Waals surface area contributed by atoms with Crippen LogP contribution >= 0.6 is 11.6 Å². The summed E-state index contributed by atoms with van der Waals surface area (Å²) in [5, 5.41) is 3.50. The molecule has 0 aliphatic carbocycles. The molecule has 4 rings (SSSR count). The van der Waals surface area contributed by atoms with Crippen LogP contribution in [0.1, 0.15) is 0 Å². The average molecular weight is 375 g/mol. The van der Waals surface area contributed by atoms with E-state index < -0.39 is 6.10 Å². The number of para-hydroxylation sites is 2. The summed E-state index contributed by atoms with van der Waals surface area (Å²) in [5.41, 5.74) is 1.58. The minimum Gasteiger partial charge on any atom is -0.485 e. The molecular weight excluding hydrogens is 356 g/mol. The van der Waals surface area contributed by atoms with E-state index in [2.05, 4.69) is 10.2 Å². The normalized spacial score (nSPS) is 19.1. The topological polar surface area (TPSA) is 60.0 Å². The van der Waals surface area contributed by atoms with Crippen LogP contribution in [0.25, 0.3) is 0 Å². The first-order chi connectivity index (χ1) is 12.7. The van der Waals surface area contributed by atoms with Crippen LogP contribution in [-0.2, 0) is 9.53 Å². The number of anilines is 2. The standard InChI is InChI=1S/C19H19ClN2O4/c20-13-5-6-15(22-7-9-24-10-8-22)14(11-13)21-19(23)18-12-25-16-3-1-2-4-17(16)26-18/h1-6,11,18H,7-10,12H2,(H,21,23). The summed E-state index contributed by atoms with van der Waals surface area (Å²) in [4.78, 5) is 14.9. The molecule has 1 N–H and O–H groups in total. The zero-order valence-electron chi connectivity index (χ0n) is 14.1. The number of hydrogen-bond acceptors (Lipinski definition) is 5. The van der Waals surface area contributed by atoms with E-state index in [9.17, 15) is 4.79 Å². The summed E-state index contributed by atoms with van der Waals surface area (Å²) in [6, 6.07) is 12.8. The number of carbonyl (C=O) groups is 1. The fraction of sp³-hybridized carbons (Fsp3) is 0.316. The third-order valence-corrected chi connectivity index (χ3v) is 4.60. The monoisotopic (exact) mass is 374 g/mol. The Morgan fingerprint density at radius 1 is 1.12 bits per heavy atom. The van der Waals surface area contributed by atoms with Crippen LogP contribution in [0.15, 0.2) is 42.5 Å². The van der Waals surface area contributed by atoms with Gasteiger partial charge in [0.25, 0.3) is 5.91 Å². The third kappa shape index (κ3) is 3.57. The molecule has 1 amide bonds. The maximum atomic E-state index is 12.7. The number of morpholine rings is 1. The van der Waals surface area contributed by atoms with E-state index in [0.29, 0.717) is 35.4 Å². The summed E-state index contributed by atoms with van der Waals surface area (Å²) in [6.45, 7) is 3.01. The lowest BCUT2D eigenvalue weighted by Crippen LogP contribution is -2.41. The Balaban J connectivity index is 1.52. The van der Waals surface area contributed by atoms with Gasteiger partial charge in [-0.1, -0.05) is 23.7 Å². The van der Waals surface area contributed by atoms with Crippen LogP contribution in [-0.4, -0.2) is 44.9 Å². The molecule has 2 aromatic carbocycles. The maximum absolute atomic E-state index is 12.7. The summed E-state index contributed by atoms with van der Waals surface area (Å²) in [7, 11) is 0. The zero-order valence-corrected chi connectivity index (χ0v) is 14.9. The number of hydrogen-bond donors (Lipinski definition) is 1. The smallest absolute Gasteiger partial charge is 0.269 e. The summed E-state index contributed by atoms with van der Waals surface area (Å²) < 4.78 is 16.8. The highest BCUT2D eigenvalue weighted by molar-refractivity contribution is 6.31. The van der Waals surface area contributed by atoms with E-state index in [1.54, 1.807) is 12.1 Å². The highest BCUT2D eigenvalue weighted by atomic mass is 35.5. The van der Waals surface area contributed by atoms with Gasteiger partial charge in [0.05, 0.1) is 24.6 Å². The van der Waals surface area contributed by atoms with E-state index in [0.717, 1.165) is 18.8 Å². The molecule has 0 aromatic heterocycles. The molecule has 7 heteroatoms. The van der Waals surface area contributed by atoms with E-state index in [1.165, 1.54) is 0 Å². The molecule has 1 saturated heterocycles. The predicted molar refractivity (Wildman–Crippen MR) is 99.5 cm³/mol. The first kappa shape index (κ1) is 17.0. The van der Waals surface area contributed by atoms with Crippen LogP contribution in [0.4, 0.5) is 11.4 Å². The maximum Gasteiger partial charge on any atom is 0.269 e. The number of fused-ring (bicyclic) bond motifs is 1. The molecule has 1 unspecified atom stereocenters. The Bertz CT molecular complexity index is 808. The number of ether oxygens (including phenoxy) is 3. The number of carbonyl (C=O) groups excluding carboxylic acids is 1. The van der Waals surface area contributed by atoms with Crippen molar-refractivity contribution >= 4 is 28.9 Å². The van der Waals surface area contributed by atoms with Gasteiger partial charge in [-0.3, -0.25) is 4.79 Å². The molecule has 2 aliphatic rings. The lowest BCUT2D eigenvalue weighted by molar-refractivity contribution is -0.125. The second-order valence-electron chi connectivity index (χ2n) is 6.11. The first-order valence-electron chi connectivity index (χ1n) is 8.52. The van der Waals surface area contributed by atoms with Crippen molar-refractivity contribution in [2.45, 2.75) is 6.10 Å². The Hall–Kier alpha value is -2.44. The van der Waals surface area contributed by atoms with Gasteiger partial charge in [0.15, 0.2) is 11.5 Å². The van der Waals surface area contributed by atoms with Crippen molar-refractivity contribution in [1.82, 2.24) is 0 Å². The van der Waals surface area contributed by atoms with Gasteiger partial charge in [-0.05, 0) is 30.3 Å². The van der Waals surface area contributed by atoms with Crippen LogP contribution in [0.2, 0.25) is 5.02 Å². The molecule has 1 fully saturated rings. The van der Waals surface area contributed by atoms with Gasteiger partial charge in [0, 0.05) is 18.1 Å². The molecule has 0 saturated carbocycles. The molecule has 136 valence electrons. The van der Waals surface area contributed by atoms with Crippen molar-refractivity contribution < 1.29 is 19.0 Å². The molecular formula is C19H19ClN2O4. The summed E-state index contributed by atoms with van der Waals surface area (Å²) in [6.07, 6.45) is -0.721. The fourth-order valence-electron chi connectivity index (χ4n) is 3.05. The van der Waals surface area contributed by atoms with Crippen LogP contribution in [0.3, 0.4) is 0 Å². The quantitative estimate of drug-likeness (QED) is 0.895. The van der Waals surface area contributed by atoms with Crippen molar-refractivity contribution in [3.63, 3.8) is 0 Å². The molecule has 2 aliphatic heterocycles. The van der Waals surface area contributed by atoms with E-state index in [1.807, 2.05) is 30.3 Å². The van der Waals surface area contributed by atoms with Crippen LogP contribution in [0.5, 0.6) is 11.5 Å². The Morgan fingerprint density at radius 3 is 2.69 bits per heavy atom. The second-order valence-corrected chi connectivity index (χ2v) is 6.55. The van der Waals surface area contributed by atoms with E-state index in [4.69, 9.17) is 25.8 Å². The molecule has 2 aromatic rings. The minimum absolute atomic E-state index is 0.163. The van der Waals surface area contributed by atoms with Gasteiger partial charge < -0.3 is 24.4 Å². The predicted octanol–water partition coefficient (Wildman–Crippen LogP) is 2.96. The SMILES string of the molecule is O=C(Nc1cc(Cl)ccc1N1CCOCC1)C1COc2ccccc2O1. The fourth-order valence-corrected chi connectivity index (χ4v) is 3.22. The Kier molecular flexibility index (Phi) is 4.86. The molecule has 0 spiro atoms.